The first kappa shape index (κ1) is 24.6. The van der Waals surface area contributed by atoms with Gasteiger partial charge in [-0.2, -0.15) is 0 Å². The molecular formula is C21H32Cl2N6O. The van der Waals surface area contributed by atoms with Crippen molar-refractivity contribution in [2.45, 2.75) is 45.3 Å². The molecule has 0 bridgehead atoms. The molecule has 1 unspecified atom stereocenters. The largest absolute Gasteiger partial charge is 0.332 e. The van der Waals surface area contributed by atoms with Crippen molar-refractivity contribution >= 4 is 30.7 Å². The highest BCUT2D eigenvalue weighted by Crippen LogP contribution is 2.22. The van der Waals surface area contributed by atoms with Crippen molar-refractivity contribution in [3.8, 4) is 0 Å². The zero-order chi connectivity index (χ0) is 19.5. The molecule has 1 N–H and O–H groups in total. The van der Waals surface area contributed by atoms with Crippen LogP contribution in [0.15, 0.2) is 30.3 Å². The van der Waals surface area contributed by atoms with Crippen LogP contribution in [-0.4, -0.2) is 69.5 Å². The van der Waals surface area contributed by atoms with E-state index < -0.39 is 0 Å². The molecule has 3 heterocycles. The van der Waals surface area contributed by atoms with E-state index in [9.17, 15) is 4.79 Å². The van der Waals surface area contributed by atoms with E-state index in [0.717, 1.165) is 57.8 Å². The van der Waals surface area contributed by atoms with Gasteiger partial charge in [0.15, 0.2) is 5.69 Å². The summed E-state index contributed by atoms with van der Waals surface area (Å²) >= 11 is 0. The Morgan fingerprint density at radius 3 is 2.50 bits per heavy atom. The average molecular weight is 455 g/mol. The number of hydrogen-bond acceptors (Lipinski definition) is 5. The summed E-state index contributed by atoms with van der Waals surface area (Å²) in [5.74, 6) is 0.0181. The first-order valence-electron chi connectivity index (χ1n) is 10.3. The van der Waals surface area contributed by atoms with Crippen LogP contribution >= 0.6 is 24.8 Å². The molecule has 2 aliphatic rings. The number of benzene rings is 1. The van der Waals surface area contributed by atoms with Crippen molar-refractivity contribution in [1.82, 2.24) is 30.1 Å². The van der Waals surface area contributed by atoms with Crippen LogP contribution in [0.2, 0.25) is 0 Å². The highest BCUT2D eigenvalue weighted by Gasteiger charge is 2.31. The monoisotopic (exact) mass is 454 g/mol. The number of piperazine rings is 1. The van der Waals surface area contributed by atoms with Gasteiger partial charge >= 0.3 is 0 Å². The molecule has 0 saturated carbocycles. The third-order valence-corrected chi connectivity index (χ3v) is 6.01. The second-order valence-electron chi connectivity index (χ2n) is 8.02. The Balaban J connectivity index is 0.00000160. The maximum absolute atomic E-state index is 13.2. The molecule has 1 aromatic carbocycles. The Morgan fingerprint density at radius 2 is 1.83 bits per heavy atom. The number of rotatable bonds is 4. The van der Waals surface area contributed by atoms with Crippen LogP contribution in [0, 0.1) is 6.92 Å². The van der Waals surface area contributed by atoms with Gasteiger partial charge in [0.1, 0.15) is 0 Å². The van der Waals surface area contributed by atoms with Crippen LogP contribution in [0.5, 0.6) is 0 Å². The van der Waals surface area contributed by atoms with Crippen molar-refractivity contribution in [2.75, 3.05) is 32.7 Å². The lowest BCUT2D eigenvalue weighted by molar-refractivity contribution is 0.0469. The smallest absolute Gasteiger partial charge is 0.276 e. The highest BCUT2D eigenvalue weighted by atomic mass is 35.5. The number of piperidine rings is 1. The van der Waals surface area contributed by atoms with Crippen molar-refractivity contribution < 1.29 is 4.79 Å². The molecule has 1 aromatic heterocycles. The normalized spacial score (nSPS) is 20.3. The first-order valence-corrected chi connectivity index (χ1v) is 10.3. The van der Waals surface area contributed by atoms with Crippen molar-refractivity contribution in [3.05, 3.63) is 47.3 Å². The second-order valence-corrected chi connectivity index (χ2v) is 8.02. The summed E-state index contributed by atoms with van der Waals surface area (Å²) in [6.07, 6.45) is 2.07. The first-order chi connectivity index (χ1) is 13.6. The molecule has 2 aromatic rings. The summed E-state index contributed by atoms with van der Waals surface area (Å²) in [6, 6.07) is 11.0. The van der Waals surface area contributed by atoms with Crippen molar-refractivity contribution in [2.24, 2.45) is 0 Å². The summed E-state index contributed by atoms with van der Waals surface area (Å²) in [4.78, 5) is 17.6. The van der Waals surface area contributed by atoms with Crippen molar-refractivity contribution in [3.63, 3.8) is 0 Å². The van der Waals surface area contributed by atoms with Gasteiger partial charge in [-0.25, -0.2) is 4.68 Å². The van der Waals surface area contributed by atoms with Gasteiger partial charge in [-0.15, -0.1) is 29.9 Å². The van der Waals surface area contributed by atoms with E-state index in [1.165, 1.54) is 5.56 Å². The Kier molecular flexibility index (Phi) is 9.09. The number of carbonyl (C=O) groups excluding carboxylic acids is 1. The molecule has 2 aliphatic heterocycles. The number of carbonyl (C=O) groups is 1. The Morgan fingerprint density at radius 1 is 1.13 bits per heavy atom. The van der Waals surface area contributed by atoms with E-state index in [1.54, 1.807) is 0 Å². The Labute approximate surface area is 191 Å². The quantitative estimate of drug-likeness (QED) is 0.768. The lowest BCUT2D eigenvalue weighted by Crippen LogP contribution is -2.53. The molecule has 2 saturated heterocycles. The summed E-state index contributed by atoms with van der Waals surface area (Å²) in [5.41, 5.74) is 2.73. The van der Waals surface area contributed by atoms with Crippen LogP contribution in [0.1, 0.15) is 47.6 Å². The van der Waals surface area contributed by atoms with Crippen LogP contribution < -0.4 is 5.32 Å². The molecule has 0 aliphatic carbocycles. The molecule has 9 heteroatoms. The number of nitrogens with zero attached hydrogens (tertiary/aromatic N) is 5. The molecule has 1 amide bonds. The maximum Gasteiger partial charge on any atom is 0.276 e. The fraction of sp³-hybridized carbons (Fsp3) is 0.571. The molecule has 7 nitrogen and oxygen atoms in total. The van der Waals surface area contributed by atoms with E-state index in [1.807, 2.05) is 22.6 Å². The lowest BCUT2D eigenvalue weighted by Gasteiger charge is -2.39. The summed E-state index contributed by atoms with van der Waals surface area (Å²) < 4.78 is 1.96. The number of hydrogen-bond donors (Lipinski definition) is 1. The van der Waals surface area contributed by atoms with Gasteiger partial charge in [0.05, 0.1) is 11.7 Å². The van der Waals surface area contributed by atoms with E-state index >= 15 is 0 Å². The second kappa shape index (κ2) is 11.1. The standard InChI is InChI=1S/C21H30N6O.2ClH/c1-16-14-25(15-18-6-4-3-5-7-18)12-13-26(16)21(28)20-17(2)27(24-23-20)19-8-10-22-11-9-19;;/h3-7,16,19,22H,8-15H2,1-2H3;2*1H. The lowest BCUT2D eigenvalue weighted by atomic mass is 10.1. The molecule has 166 valence electrons. The number of aromatic nitrogens is 3. The third-order valence-electron chi connectivity index (χ3n) is 6.01. The van der Waals surface area contributed by atoms with Crippen LogP contribution in [-0.2, 0) is 6.54 Å². The van der Waals surface area contributed by atoms with E-state index in [4.69, 9.17) is 0 Å². The van der Waals surface area contributed by atoms with Gasteiger partial charge in [0, 0.05) is 32.2 Å². The van der Waals surface area contributed by atoms with E-state index in [2.05, 4.69) is 51.7 Å². The molecular weight excluding hydrogens is 423 g/mol. The molecule has 4 rings (SSSR count). The van der Waals surface area contributed by atoms with Gasteiger partial charge in [-0.05, 0) is 45.3 Å². The van der Waals surface area contributed by atoms with Gasteiger partial charge in [-0.1, -0.05) is 35.5 Å². The van der Waals surface area contributed by atoms with Gasteiger partial charge in [0.25, 0.3) is 5.91 Å². The Hall–Kier alpha value is -1.67. The van der Waals surface area contributed by atoms with Gasteiger partial charge in [-0.3, -0.25) is 9.69 Å². The average Bonchev–Trinajstić information content (AvgIpc) is 3.10. The fourth-order valence-corrected chi connectivity index (χ4v) is 4.39. The van der Waals surface area contributed by atoms with E-state index in [0.29, 0.717) is 11.7 Å². The number of halogens is 2. The maximum atomic E-state index is 13.2. The molecule has 0 spiro atoms. The van der Waals surface area contributed by atoms with Crippen LogP contribution in [0.25, 0.3) is 0 Å². The minimum absolute atomic E-state index is 0. The van der Waals surface area contributed by atoms with Crippen molar-refractivity contribution in [1.29, 1.82) is 0 Å². The summed E-state index contributed by atoms with van der Waals surface area (Å²) in [5, 5.41) is 12.0. The fourth-order valence-electron chi connectivity index (χ4n) is 4.39. The zero-order valence-electron chi connectivity index (χ0n) is 17.7. The topological polar surface area (TPSA) is 66.3 Å². The minimum atomic E-state index is 0. The molecule has 0 radical (unpaired) electrons. The number of nitrogens with one attached hydrogen (secondary N) is 1. The molecule has 2 fully saturated rings. The van der Waals surface area contributed by atoms with Crippen LogP contribution in [0.4, 0.5) is 0 Å². The molecule has 30 heavy (non-hydrogen) atoms. The summed E-state index contributed by atoms with van der Waals surface area (Å²) in [7, 11) is 0. The third kappa shape index (κ3) is 5.32. The zero-order valence-corrected chi connectivity index (χ0v) is 19.3. The van der Waals surface area contributed by atoms with Crippen LogP contribution in [0.3, 0.4) is 0 Å². The minimum Gasteiger partial charge on any atom is -0.332 e. The van der Waals surface area contributed by atoms with Gasteiger partial charge in [0.2, 0.25) is 0 Å². The predicted octanol–water partition coefficient (Wildman–Crippen LogP) is 2.70. The highest BCUT2D eigenvalue weighted by molar-refractivity contribution is 5.93. The van der Waals surface area contributed by atoms with Gasteiger partial charge < -0.3 is 10.2 Å². The number of amides is 1. The SMILES string of the molecule is Cc1c(C(=O)N2CCN(Cc3ccccc3)CC2C)nnn1C1CCNCC1.Cl.Cl. The Bertz CT molecular complexity index is 809. The predicted molar refractivity (Wildman–Crippen MR) is 123 cm³/mol. The summed E-state index contributed by atoms with van der Waals surface area (Å²) in [6.45, 7) is 9.51. The molecule has 1 atom stereocenters. The van der Waals surface area contributed by atoms with E-state index in [-0.39, 0.29) is 36.8 Å².